The van der Waals surface area contributed by atoms with Gasteiger partial charge in [-0.25, -0.2) is 4.79 Å². The van der Waals surface area contributed by atoms with Gasteiger partial charge in [-0.3, -0.25) is 4.68 Å². The number of amides is 2. The molecule has 10 heteroatoms. The lowest BCUT2D eigenvalue weighted by Gasteiger charge is -2.12. The Hall–Kier alpha value is -3.69. The molecule has 0 spiro atoms. The molecule has 0 bridgehead atoms. The Morgan fingerprint density at radius 3 is 2.60 bits per heavy atom. The van der Waals surface area contributed by atoms with Crippen molar-refractivity contribution in [2.24, 2.45) is 0 Å². The highest BCUT2D eigenvalue weighted by atomic mass is 19.4. The molecule has 0 saturated heterocycles. The van der Waals surface area contributed by atoms with Gasteiger partial charge in [0, 0.05) is 12.3 Å². The van der Waals surface area contributed by atoms with Gasteiger partial charge in [0.05, 0.1) is 43.9 Å². The van der Waals surface area contributed by atoms with E-state index in [1.54, 1.807) is 24.3 Å². The van der Waals surface area contributed by atoms with E-state index in [9.17, 15) is 18.0 Å². The highest BCUT2D eigenvalue weighted by Gasteiger charge is 2.30. The van der Waals surface area contributed by atoms with E-state index < -0.39 is 17.8 Å². The Kier molecular flexibility index (Phi) is 6.14. The van der Waals surface area contributed by atoms with Crippen LogP contribution >= 0.6 is 0 Å². The van der Waals surface area contributed by atoms with Crippen LogP contribution in [0.5, 0.6) is 11.5 Å². The molecule has 7 nitrogen and oxygen atoms in total. The molecule has 0 atom stereocenters. The van der Waals surface area contributed by atoms with Gasteiger partial charge in [0.2, 0.25) is 0 Å². The molecule has 0 aliphatic rings. The summed E-state index contributed by atoms with van der Waals surface area (Å²) in [5.41, 5.74) is 0.495. The van der Waals surface area contributed by atoms with Gasteiger partial charge in [0.25, 0.3) is 0 Å². The lowest BCUT2D eigenvalue weighted by atomic mass is 10.1. The summed E-state index contributed by atoms with van der Waals surface area (Å²) in [6, 6.07) is 9.41. The number of alkyl halides is 3. The lowest BCUT2D eigenvalue weighted by molar-refractivity contribution is -0.137. The molecule has 0 aliphatic carbocycles. The molecular weight excluding hydrogens is 401 g/mol. The number of carbonyl (C=O) groups excluding carboxylic acids is 1. The predicted molar refractivity (Wildman–Crippen MR) is 105 cm³/mol. The van der Waals surface area contributed by atoms with Gasteiger partial charge in [0.1, 0.15) is 11.5 Å². The molecule has 30 heavy (non-hydrogen) atoms. The number of benzene rings is 2. The SMILES string of the molecule is COc1ccc(OC)c(NC(=O)Nc2cnn(Cc3cccc(C(F)(F)F)c3)c2)c1. The Labute approximate surface area is 170 Å². The third-order valence-electron chi connectivity index (χ3n) is 4.14. The van der Waals surface area contributed by atoms with Crippen molar-refractivity contribution < 1.29 is 27.4 Å². The first kappa shape index (κ1) is 21.0. The number of ether oxygens (including phenoxy) is 2. The van der Waals surface area contributed by atoms with Crippen LogP contribution in [-0.4, -0.2) is 30.0 Å². The van der Waals surface area contributed by atoms with Crippen molar-refractivity contribution in [1.82, 2.24) is 9.78 Å². The third-order valence-corrected chi connectivity index (χ3v) is 4.14. The second kappa shape index (κ2) is 8.76. The van der Waals surface area contributed by atoms with Gasteiger partial charge < -0.3 is 20.1 Å². The number of aromatic nitrogens is 2. The molecule has 1 aromatic heterocycles. The van der Waals surface area contributed by atoms with Crippen molar-refractivity contribution >= 4 is 17.4 Å². The molecule has 2 aromatic carbocycles. The molecule has 0 saturated carbocycles. The molecule has 2 amide bonds. The highest BCUT2D eigenvalue weighted by Crippen LogP contribution is 2.30. The fourth-order valence-electron chi connectivity index (χ4n) is 2.74. The van der Waals surface area contributed by atoms with Crippen LogP contribution in [0.25, 0.3) is 0 Å². The largest absolute Gasteiger partial charge is 0.497 e. The smallest absolute Gasteiger partial charge is 0.416 e. The molecular formula is C20H19F3N4O3. The van der Waals surface area contributed by atoms with E-state index in [0.717, 1.165) is 12.1 Å². The zero-order valence-electron chi connectivity index (χ0n) is 16.2. The average Bonchev–Trinajstić information content (AvgIpc) is 3.13. The molecule has 0 unspecified atom stereocenters. The molecule has 0 aliphatic heterocycles. The summed E-state index contributed by atoms with van der Waals surface area (Å²) in [4.78, 5) is 12.3. The predicted octanol–water partition coefficient (Wildman–Crippen LogP) is 4.61. The van der Waals surface area contributed by atoms with Crippen LogP contribution in [0.4, 0.5) is 29.3 Å². The summed E-state index contributed by atoms with van der Waals surface area (Å²) in [6.45, 7) is 0.122. The number of anilines is 2. The summed E-state index contributed by atoms with van der Waals surface area (Å²) in [7, 11) is 2.98. The van der Waals surface area contributed by atoms with Crippen molar-refractivity contribution in [2.75, 3.05) is 24.9 Å². The molecule has 3 aromatic rings. The van der Waals surface area contributed by atoms with Crippen molar-refractivity contribution in [3.05, 3.63) is 66.0 Å². The minimum atomic E-state index is -4.41. The van der Waals surface area contributed by atoms with E-state index in [1.165, 1.54) is 37.4 Å². The van der Waals surface area contributed by atoms with Gasteiger partial charge in [-0.05, 0) is 29.8 Å². The van der Waals surface area contributed by atoms with E-state index >= 15 is 0 Å². The van der Waals surface area contributed by atoms with Crippen LogP contribution in [0.2, 0.25) is 0 Å². The van der Waals surface area contributed by atoms with Gasteiger partial charge in [-0.1, -0.05) is 12.1 Å². The first-order valence-corrected chi connectivity index (χ1v) is 8.77. The number of urea groups is 1. The maximum absolute atomic E-state index is 12.8. The number of hydrogen-bond acceptors (Lipinski definition) is 4. The lowest BCUT2D eigenvalue weighted by Crippen LogP contribution is -2.19. The molecule has 0 fully saturated rings. The van der Waals surface area contributed by atoms with E-state index in [-0.39, 0.29) is 6.54 Å². The standard InChI is InChI=1S/C20H19F3N4O3/c1-29-16-6-7-18(30-2)17(9-16)26-19(28)25-15-10-24-27(12-15)11-13-4-3-5-14(8-13)20(21,22)23/h3-10,12H,11H2,1-2H3,(H2,25,26,28). The van der Waals surface area contributed by atoms with E-state index in [1.807, 2.05) is 0 Å². The quantitative estimate of drug-likeness (QED) is 0.611. The fourth-order valence-corrected chi connectivity index (χ4v) is 2.74. The number of nitrogens with one attached hydrogen (secondary N) is 2. The number of methoxy groups -OCH3 is 2. The van der Waals surface area contributed by atoms with Crippen molar-refractivity contribution in [3.8, 4) is 11.5 Å². The summed E-state index contributed by atoms with van der Waals surface area (Å²) < 4.78 is 50.3. The van der Waals surface area contributed by atoms with Crippen LogP contribution in [-0.2, 0) is 12.7 Å². The minimum Gasteiger partial charge on any atom is -0.497 e. The number of rotatable bonds is 6. The molecule has 1 heterocycles. The van der Waals surface area contributed by atoms with Crippen molar-refractivity contribution in [2.45, 2.75) is 12.7 Å². The summed E-state index contributed by atoms with van der Waals surface area (Å²) in [6.07, 6.45) is -1.50. The second-order valence-electron chi connectivity index (χ2n) is 6.27. The van der Waals surface area contributed by atoms with E-state index in [2.05, 4.69) is 15.7 Å². The average molecular weight is 420 g/mol. The molecule has 158 valence electrons. The topological polar surface area (TPSA) is 77.4 Å². The zero-order chi connectivity index (χ0) is 21.7. The highest BCUT2D eigenvalue weighted by molar-refractivity contribution is 6.00. The van der Waals surface area contributed by atoms with Crippen LogP contribution in [0.3, 0.4) is 0 Å². The third kappa shape index (κ3) is 5.22. The van der Waals surface area contributed by atoms with E-state index in [0.29, 0.717) is 28.4 Å². The maximum atomic E-state index is 12.8. The number of hydrogen-bond donors (Lipinski definition) is 2. The van der Waals surface area contributed by atoms with Gasteiger partial charge in [0.15, 0.2) is 0 Å². The van der Waals surface area contributed by atoms with Gasteiger partial charge in [-0.2, -0.15) is 18.3 Å². The van der Waals surface area contributed by atoms with Gasteiger partial charge in [-0.15, -0.1) is 0 Å². The molecule has 3 rings (SSSR count). The summed E-state index contributed by atoms with van der Waals surface area (Å²) >= 11 is 0. The second-order valence-corrected chi connectivity index (χ2v) is 6.27. The van der Waals surface area contributed by atoms with Gasteiger partial charge >= 0.3 is 12.2 Å². The Morgan fingerprint density at radius 1 is 1.10 bits per heavy atom. The van der Waals surface area contributed by atoms with Crippen LogP contribution in [0.15, 0.2) is 54.9 Å². The first-order valence-electron chi connectivity index (χ1n) is 8.77. The minimum absolute atomic E-state index is 0.122. The Bertz CT molecular complexity index is 1030. The van der Waals surface area contributed by atoms with Crippen molar-refractivity contribution in [1.29, 1.82) is 0 Å². The Morgan fingerprint density at radius 2 is 1.90 bits per heavy atom. The molecule has 0 radical (unpaired) electrons. The number of nitrogens with zero attached hydrogens (tertiary/aromatic N) is 2. The maximum Gasteiger partial charge on any atom is 0.416 e. The van der Waals surface area contributed by atoms with Crippen LogP contribution in [0, 0.1) is 0 Å². The van der Waals surface area contributed by atoms with Crippen molar-refractivity contribution in [3.63, 3.8) is 0 Å². The van der Waals surface area contributed by atoms with E-state index in [4.69, 9.17) is 9.47 Å². The van der Waals surface area contributed by atoms with Crippen LogP contribution < -0.4 is 20.1 Å². The first-order chi connectivity index (χ1) is 14.3. The normalized spacial score (nSPS) is 11.1. The molecule has 2 N–H and O–H groups in total. The fraction of sp³-hybridized carbons (Fsp3) is 0.200. The Balaban J connectivity index is 1.65. The zero-order valence-corrected chi connectivity index (χ0v) is 16.2. The number of halogens is 3. The monoisotopic (exact) mass is 420 g/mol. The summed E-state index contributed by atoms with van der Waals surface area (Å²) in [5.74, 6) is 0.992. The summed E-state index contributed by atoms with van der Waals surface area (Å²) in [5, 5.41) is 9.33. The number of carbonyl (C=O) groups is 1. The van der Waals surface area contributed by atoms with Crippen LogP contribution in [0.1, 0.15) is 11.1 Å².